The van der Waals surface area contributed by atoms with E-state index in [1.54, 1.807) is 5.56 Å². The highest BCUT2D eigenvalue weighted by molar-refractivity contribution is 5.21. The molecule has 0 heterocycles. The molecule has 0 aliphatic heterocycles. The summed E-state index contributed by atoms with van der Waals surface area (Å²) >= 11 is 0. The Morgan fingerprint density at radius 3 is 2.53 bits per heavy atom. The van der Waals surface area contributed by atoms with Crippen LogP contribution in [0.1, 0.15) is 62.8 Å². The SMILES string of the molecule is c1ccc(C2CCCCC2NCCCC2CC2)cc1. The molecule has 0 radical (unpaired) electrons. The third-order valence-corrected chi connectivity index (χ3v) is 4.89. The zero-order valence-corrected chi connectivity index (χ0v) is 12.0. The van der Waals surface area contributed by atoms with E-state index in [2.05, 4.69) is 35.6 Å². The van der Waals surface area contributed by atoms with Gasteiger partial charge >= 0.3 is 0 Å². The lowest BCUT2D eigenvalue weighted by atomic mass is 9.80. The topological polar surface area (TPSA) is 12.0 Å². The molecule has 1 aromatic rings. The second kappa shape index (κ2) is 6.56. The second-order valence-electron chi connectivity index (χ2n) is 6.45. The lowest BCUT2D eigenvalue weighted by molar-refractivity contribution is 0.325. The van der Waals surface area contributed by atoms with Gasteiger partial charge in [0.05, 0.1) is 0 Å². The summed E-state index contributed by atoms with van der Waals surface area (Å²) in [6, 6.07) is 11.9. The minimum absolute atomic E-state index is 0.718. The lowest BCUT2D eigenvalue weighted by Gasteiger charge is -2.33. The van der Waals surface area contributed by atoms with Gasteiger partial charge in [-0.05, 0) is 49.6 Å². The van der Waals surface area contributed by atoms with Crippen molar-refractivity contribution in [1.82, 2.24) is 5.32 Å². The fraction of sp³-hybridized carbons (Fsp3) is 0.667. The van der Waals surface area contributed by atoms with Crippen molar-refractivity contribution in [3.63, 3.8) is 0 Å². The molecular formula is C18H27N. The van der Waals surface area contributed by atoms with Gasteiger partial charge in [0.25, 0.3) is 0 Å². The summed E-state index contributed by atoms with van der Waals surface area (Å²) < 4.78 is 0. The first-order valence-corrected chi connectivity index (χ1v) is 8.22. The summed E-state index contributed by atoms with van der Waals surface area (Å²) in [7, 11) is 0. The normalized spacial score (nSPS) is 27.4. The molecule has 2 aliphatic carbocycles. The van der Waals surface area contributed by atoms with Crippen LogP contribution in [0.15, 0.2) is 30.3 Å². The minimum atomic E-state index is 0.718. The maximum atomic E-state index is 3.85. The van der Waals surface area contributed by atoms with Gasteiger partial charge in [0.15, 0.2) is 0 Å². The van der Waals surface area contributed by atoms with E-state index in [0.29, 0.717) is 0 Å². The third kappa shape index (κ3) is 3.82. The van der Waals surface area contributed by atoms with E-state index in [0.717, 1.165) is 17.9 Å². The predicted octanol–water partition coefficient (Wildman–Crippen LogP) is 4.49. The van der Waals surface area contributed by atoms with Crippen LogP contribution >= 0.6 is 0 Å². The molecule has 104 valence electrons. The van der Waals surface area contributed by atoms with Crippen molar-refractivity contribution >= 4 is 0 Å². The van der Waals surface area contributed by atoms with Crippen molar-refractivity contribution in [2.75, 3.05) is 6.54 Å². The molecule has 2 atom stereocenters. The molecule has 1 aromatic carbocycles. The monoisotopic (exact) mass is 257 g/mol. The molecule has 2 saturated carbocycles. The second-order valence-corrected chi connectivity index (χ2v) is 6.45. The summed E-state index contributed by atoms with van der Waals surface area (Å²) in [6.45, 7) is 1.23. The van der Waals surface area contributed by atoms with Crippen LogP contribution in [0.5, 0.6) is 0 Å². The van der Waals surface area contributed by atoms with Crippen LogP contribution in [-0.2, 0) is 0 Å². The smallest absolute Gasteiger partial charge is 0.0136 e. The lowest BCUT2D eigenvalue weighted by Crippen LogP contribution is -2.37. The van der Waals surface area contributed by atoms with Crippen molar-refractivity contribution in [3.8, 4) is 0 Å². The molecule has 0 saturated heterocycles. The molecule has 3 rings (SSSR count). The Morgan fingerprint density at radius 1 is 0.947 bits per heavy atom. The van der Waals surface area contributed by atoms with Crippen LogP contribution in [0.3, 0.4) is 0 Å². The highest BCUT2D eigenvalue weighted by atomic mass is 14.9. The fourth-order valence-electron chi connectivity index (χ4n) is 3.56. The molecule has 0 aromatic heterocycles. The fourth-order valence-corrected chi connectivity index (χ4v) is 3.56. The average Bonchev–Trinajstić information content (AvgIpc) is 3.29. The van der Waals surface area contributed by atoms with E-state index in [1.165, 1.54) is 57.9 Å². The summed E-state index contributed by atoms with van der Waals surface area (Å²) in [6.07, 6.45) is 11.4. The Bertz CT molecular complexity index is 369. The zero-order valence-electron chi connectivity index (χ0n) is 12.0. The molecule has 0 spiro atoms. The Hall–Kier alpha value is -0.820. The van der Waals surface area contributed by atoms with Gasteiger partial charge in [-0.15, -0.1) is 0 Å². The highest BCUT2D eigenvalue weighted by Gasteiger charge is 2.26. The van der Waals surface area contributed by atoms with E-state index >= 15 is 0 Å². The highest BCUT2D eigenvalue weighted by Crippen LogP contribution is 2.34. The average molecular weight is 257 g/mol. The molecule has 0 bridgehead atoms. The predicted molar refractivity (Wildman–Crippen MR) is 81.4 cm³/mol. The van der Waals surface area contributed by atoms with Crippen molar-refractivity contribution in [1.29, 1.82) is 0 Å². The van der Waals surface area contributed by atoms with E-state index in [4.69, 9.17) is 0 Å². The van der Waals surface area contributed by atoms with Gasteiger partial charge in [0, 0.05) is 6.04 Å². The summed E-state index contributed by atoms with van der Waals surface area (Å²) in [5.74, 6) is 1.83. The van der Waals surface area contributed by atoms with Gasteiger partial charge in [-0.1, -0.05) is 56.0 Å². The molecule has 1 heteroatoms. The van der Waals surface area contributed by atoms with Crippen molar-refractivity contribution in [2.24, 2.45) is 5.92 Å². The Kier molecular flexibility index (Phi) is 4.55. The first kappa shape index (κ1) is 13.2. The van der Waals surface area contributed by atoms with E-state index in [1.807, 2.05) is 0 Å². The summed E-state index contributed by atoms with van der Waals surface area (Å²) in [4.78, 5) is 0. The Labute approximate surface area is 117 Å². The van der Waals surface area contributed by atoms with Crippen molar-refractivity contribution in [3.05, 3.63) is 35.9 Å². The standard InChI is InChI=1S/C18H27N/c1-2-8-16(9-3-1)17-10-4-5-11-18(17)19-14-6-7-15-12-13-15/h1-3,8-9,15,17-19H,4-7,10-14H2. The van der Waals surface area contributed by atoms with Crippen LogP contribution in [0.25, 0.3) is 0 Å². The first-order valence-electron chi connectivity index (χ1n) is 8.22. The van der Waals surface area contributed by atoms with Gasteiger partial charge in [0.2, 0.25) is 0 Å². The third-order valence-electron chi connectivity index (χ3n) is 4.89. The van der Waals surface area contributed by atoms with Gasteiger partial charge in [-0.3, -0.25) is 0 Å². The summed E-state index contributed by atoms with van der Waals surface area (Å²) in [5.41, 5.74) is 1.54. The molecule has 2 unspecified atom stereocenters. The van der Waals surface area contributed by atoms with Crippen LogP contribution in [0, 0.1) is 5.92 Å². The Balaban J connectivity index is 1.51. The number of benzene rings is 1. The number of hydrogen-bond donors (Lipinski definition) is 1. The molecule has 19 heavy (non-hydrogen) atoms. The largest absolute Gasteiger partial charge is 0.313 e. The maximum absolute atomic E-state index is 3.85. The van der Waals surface area contributed by atoms with Crippen LogP contribution in [-0.4, -0.2) is 12.6 Å². The number of hydrogen-bond acceptors (Lipinski definition) is 1. The van der Waals surface area contributed by atoms with Crippen LogP contribution < -0.4 is 5.32 Å². The molecule has 1 nitrogen and oxygen atoms in total. The molecular weight excluding hydrogens is 230 g/mol. The zero-order chi connectivity index (χ0) is 12.9. The van der Waals surface area contributed by atoms with Gasteiger partial charge in [0.1, 0.15) is 0 Å². The van der Waals surface area contributed by atoms with Gasteiger partial charge in [-0.2, -0.15) is 0 Å². The summed E-state index contributed by atoms with van der Waals surface area (Å²) in [5, 5.41) is 3.85. The minimum Gasteiger partial charge on any atom is -0.313 e. The number of nitrogens with one attached hydrogen (secondary N) is 1. The molecule has 1 N–H and O–H groups in total. The van der Waals surface area contributed by atoms with Crippen LogP contribution in [0.2, 0.25) is 0 Å². The van der Waals surface area contributed by atoms with Crippen molar-refractivity contribution < 1.29 is 0 Å². The quantitative estimate of drug-likeness (QED) is 0.740. The van der Waals surface area contributed by atoms with E-state index in [-0.39, 0.29) is 0 Å². The van der Waals surface area contributed by atoms with E-state index in [9.17, 15) is 0 Å². The van der Waals surface area contributed by atoms with Gasteiger partial charge < -0.3 is 5.32 Å². The van der Waals surface area contributed by atoms with Gasteiger partial charge in [-0.25, -0.2) is 0 Å². The van der Waals surface area contributed by atoms with Crippen molar-refractivity contribution in [2.45, 2.75) is 63.3 Å². The molecule has 0 amide bonds. The van der Waals surface area contributed by atoms with Crippen LogP contribution in [0.4, 0.5) is 0 Å². The Morgan fingerprint density at radius 2 is 1.74 bits per heavy atom. The first-order chi connectivity index (χ1) is 9.43. The molecule has 2 aliphatic rings. The maximum Gasteiger partial charge on any atom is 0.0136 e. The number of rotatable bonds is 6. The molecule has 2 fully saturated rings. The van der Waals surface area contributed by atoms with E-state index < -0.39 is 0 Å².